The van der Waals surface area contributed by atoms with E-state index in [0.717, 1.165) is 24.8 Å². The molecule has 1 aromatic carbocycles. The zero-order valence-electron chi connectivity index (χ0n) is 14.3. The standard InChI is InChI=1S/C18H23N3O4/c1-2-6-13(11-20(24)12-22)18(23)21-10-5-8-15(21)17-19-14-7-3-4-9-16(14)25-17/h3-4,7,9,12-13,15,24H,2,5-6,8,10-11H2,1H3/t13-,15-/m0/s1. The second-order valence-corrected chi connectivity index (χ2v) is 6.42. The molecule has 2 heterocycles. The molecule has 134 valence electrons. The molecule has 0 bridgehead atoms. The van der Waals surface area contributed by atoms with Crippen molar-refractivity contribution in [3.05, 3.63) is 30.2 Å². The Kier molecular flexibility index (Phi) is 5.33. The highest BCUT2D eigenvalue weighted by Crippen LogP contribution is 2.34. The third-order valence-corrected chi connectivity index (χ3v) is 4.65. The van der Waals surface area contributed by atoms with Gasteiger partial charge in [-0.3, -0.25) is 14.8 Å². The number of rotatable bonds is 7. The van der Waals surface area contributed by atoms with E-state index < -0.39 is 5.92 Å². The molecule has 0 spiro atoms. The van der Waals surface area contributed by atoms with Crippen molar-refractivity contribution < 1.29 is 19.2 Å². The van der Waals surface area contributed by atoms with E-state index in [0.29, 0.717) is 35.9 Å². The van der Waals surface area contributed by atoms with Crippen LogP contribution in [-0.4, -0.2) is 45.6 Å². The fourth-order valence-corrected chi connectivity index (χ4v) is 3.46. The molecule has 7 heteroatoms. The van der Waals surface area contributed by atoms with Gasteiger partial charge in [0, 0.05) is 6.54 Å². The van der Waals surface area contributed by atoms with Crippen LogP contribution in [0.3, 0.4) is 0 Å². The first-order chi connectivity index (χ1) is 12.1. The van der Waals surface area contributed by atoms with E-state index in [1.54, 1.807) is 4.90 Å². The minimum atomic E-state index is -0.426. The smallest absolute Gasteiger partial charge is 0.233 e. The predicted octanol–water partition coefficient (Wildman–Crippen LogP) is 2.76. The maximum atomic E-state index is 13.0. The molecule has 0 unspecified atom stereocenters. The Hall–Kier alpha value is -2.41. The Morgan fingerprint density at radius 2 is 2.32 bits per heavy atom. The summed E-state index contributed by atoms with van der Waals surface area (Å²) in [5.41, 5.74) is 1.49. The Bertz CT molecular complexity index is 712. The summed E-state index contributed by atoms with van der Waals surface area (Å²) in [5, 5.41) is 10.0. The zero-order valence-corrected chi connectivity index (χ0v) is 14.3. The van der Waals surface area contributed by atoms with Crippen LogP contribution >= 0.6 is 0 Å². The number of para-hydroxylation sites is 2. The maximum Gasteiger partial charge on any atom is 0.233 e. The lowest BCUT2D eigenvalue weighted by Crippen LogP contribution is -2.40. The second kappa shape index (κ2) is 7.65. The SMILES string of the molecule is CCC[C@@H](CN(O)C=O)C(=O)N1CCC[C@H]1c1nc2ccccc2o1. The number of fused-ring (bicyclic) bond motifs is 1. The van der Waals surface area contributed by atoms with Crippen molar-refractivity contribution in [1.82, 2.24) is 14.9 Å². The van der Waals surface area contributed by atoms with E-state index >= 15 is 0 Å². The summed E-state index contributed by atoms with van der Waals surface area (Å²) in [7, 11) is 0. The van der Waals surface area contributed by atoms with Gasteiger partial charge in [0.2, 0.25) is 18.2 Å². The molecule has 1 aliphatic heterocycles. The summed E-state index contributed by atoms with van der Waals surface area (Å²) >= 11 is 0. The number of hydrogen-bond acceptors (Lipinski definition) is 5. The number of hydroxylamine groups is 2. The molecule has 2 aromatic rings. The van der Waals surface area contributed by atoms with Gasteiger partial charge < -0.3 is 9.32 Å². The fourth-order valence-electron chi connectivity index (χ4n) is 3.46. The molecule has 2 atom stereocenters. The van der Waals surface area contributed by atoms with Crippen LogP contribution < -0.4 is 0 Å². The fraction of sp³-hybridized carbons (Fsp3) is 0.500. The Morgan fingerprint density at radius 1 is 1.52 bits per heavy atom. The number of oxazole rings is 1. The normalized spacial score (nSPS) is 18.5. The number of hydrogen-bond donors (Lipinski definition) is 1. The monoisotopic (exact) mass is 345 g/mol. The van der Waals surface area contributed by atoms with Gasteiger partial charge in [-0.1, -0.05) is 25.5 Å². The van der Waals surface area contributed by atoms with Crippen molar-refractivity contribution in [1.29, 1.82) is 0 Å². The van der Waals surface area contributed by atoms with Crippen molar-refractivity contribution >= 4 is 23.4 Å². The molecule has 0 aliphatic carbocycles. The second-order valence-electron chi connectivity index (χ2n) is 6.42. The number of amides is 2. The van der Waals surface area contributed by atoms with Crippen molar-refractivity contribution in [3.63, 3.8) is 0 Å². The van der Waals surface area contributed by atoms with Crippen molar-refractivity contribution in [2.45, 2.75) is 38.6 Å². The van der Waals surface area contributed by atoms with Crippen LogP contribution in [-0.2, 0) is 9.59 Å². The third kappa shape index (κ3) is 3.66. The molecule has 25 heavy (non-hydrogen) atoms. The first-order valence-electron chi connectivity index (χ1n) is 8.70. The summed E-state index contributed by atoms with van der Waals surface area (Å²) in [6, 6.07) is 7.35. The van der Waals surface area contributed by atoms with Gasteiger partial charge in [-0.15, -0.1) is 0 Å². The topological polar surface area (TPSA) is 86.9 Å². The van der Waals surface area contributed by atoms with Gasteiger partial charge in [-0.2, -0.15) is 0 Å². The number of carbonyl (C=O) groups excluding carboxylic acids is 2. The molecule has 0 radical (unpaired) electrons. The molecule has 7 nitrogen and oxygen atoms in total. The summed E-state index contributed by atoms with van der Waals surface area (Å²) in [4.78, 5) is 30.0. The van der Waals surface area contributed by atoms with E-state index in [-0.39, 0.29) is 18.5 Å². The molecular formula is C18H23N3O4. The van der Waals surface area contributed by atoms with Crippen molar-refractivity contribution in [2.24, 2.45) is 5.92 Å². The average molecular weight is 345 g/mol. The first-order valence-corrected chi connectivity index (χ1v) is 8.70. The molecule has 2 amide bonds. The van der Waals surface area contributed by atoms with Crippen molar-refractivity contribution in [3.8, 4) is 0 Å². The van der Waals surface area contributed by atoms with E-state index in [1.165, 1.54) is 0 Å². The molecule has 1 aliphatic rings. The Morgan fingerprint density at radius 3 is 3.04 bits per heavy atom. The predicted molar refractivity (Wildman–Crippen MR) is 90.7 cm³/mol. The number of nitrogens with zero attached hydrogens (tertiary/aromatic N) is 3. The van der Waals surface area contributed by atoms with Crippen LogP contribution in [0.25, 0.3) is 11.1 Å². The van der Waals surface area contributed by atoms with Crippen LogP contribution in [0.2, 0.25) is 0 Å². The average Bonchev–Trinajstić information content (AvgIpc) is 3.26. The highest BCUT2D eigenvalue weighted by atomic mass is 16.5. The van der Waals surface area contributed by atoms with Gasteiger partial charge in [0.05, 0.1) is 12.5 Å². The summed E-state index contributed by atoms with van der Waals surface area (Å²) < 4.78 is 5.85. The number of aromatic nitrogens is 1. The van der Waals surface area contributed by atoms with Gasteiger partial charge >= 0.3 is 0 Å². The molecular weight excluding hydrogens is 322 g/mol. The quantitative estimate of drug-likeness (QED) is 0.474. The minimum Gasteiger partial charge on any atom is -0.438 e. The third-order valence-electron chi connectivity index (χ3n) is 4.65. The van der Waals surface area contributed by atoms with Crippen LogP contribution in [0.4, 0.5) is 0 Å². The highest BCUT2D eigenvalue weighted by Gasteiger charge is 2.36. The van der Waals surface area contributed by atoms with Gasteiger partial charge in [0.25, 0.3) is 0 Å². The minimum absolute atomic E-state index is 0.00690. The van der Waals surface area contributed by atoms with Gasteiger partial charge in [-0.05, 0) is 31.4 Å². The zero-order chi connectivity index (χ0) is 17.8. The maximum absolute atomic E-state index is 13.0. The van der Waals surface area contributed by atoms with E-state index in [9.17, 15) is 14.8 Å². The molecule has 1 aromatic heterocycles. The number of carbonyl (C=O) groups is 2. The number of likely N-dealkylation sites (tertiary alicyclic amines) is 1. The van der Waals surface area contributed by atoms with Gasteiger partial charge in [0.15, 0.2) is 5.58 Å². The molecule has 0 saturated carbocycles. The van der Waals surface area contributed by atoms with Crippen LogP contribution in [0.1, 0.15) is 44.5 Å². The van der Waals surface area contributed by atoms with Crippen molar-refractivity contribution in [2.75, 3.05) is 13.1 Å². The molecule has 3 rings (SSSR count). The summed E-state index contributed by atoms with van der Waals surface area (Å²) in [6.07, 6.45) is 3.42. The van der Waals surface area contributed by atoms with E-state index in [2.05, 4.69) is 4.98 Å². The highest BCUT2D eigenvalue weighted by molar-refractivity contribution is 5.80. The van der Waals surface area contributed by atoms with E-state index in [4.69, 9.17) is 4.42 Å². The summed E-state index contributed by atoms with van der Waals surface area (Å²) in [6.45, 7) is 2.62. The lowest BCUT2D eigenvalue weighted by Gasteiger charge is -2.28. The largest absolute Gasteiger partial charge is 0.438 e. The van der Waals surface area contributed by atoms with Crippen LogP contribution in [0.5, 0.6) is 0 Å². The first kappa shape index (κ1) is 17.4. The lowest BCUT2D eigenvalue weighted by atomic mass is 10.0. The Labute approximate surface area is 146 Å². The Balaban J connectivity index is 1.81. The van der Waals surface area contributed by atoms with Gasteiger partial charge in [0.1, 0.15) is 11.6 Å². The van der Waals surface area contributed by atoms with Gasteiger partial charge in [-0.25, -0.2) is 10.0 Å². The van der Waals surface area contributed by atoms with Crippen LogP contribution in [0.15, 0.2) is 28.7 Å². The molecule has 1 N–H and O–H groups in total. The summed E-state index contributed by atoms with van der Waals surface area (Å²) in [5.74, 6) is 0.0659. The lowest BCUT2D eigenvalue weighted by molar-refractivity contribution is -0.157. The van der Waals surface area contributed by atoms with E-state index in [1.807, 2.05) is 31.2 Å². The number of benzene rings is 1. The molecule has 1 fully saturated rings. The molecule has 1 saturated heterocycles. The van der Waals surface area contributed by atoms with Crippen LogP contribution in [0, 0.1) is 5.92 Å².